The number of anilines is 2. The van der Waals surface area contributed by atoms with E-state index in [1.54, 1.807) is 61.5 Å². The second-order valence-corrected chi connectivity index (χ2v) is 10.4. The monoisotopic (exact) mass is 518 g/mol. The lowest BCUT2D eigenvalue weighted by Crippen LogP contribution is -2.17. The molecule has 0 radical (unpaired) electrons. The van der Waals surface area contributed by atoms with Gasteiger partial charge in [-0.05, 0) is 67.9 Å². The molecule has 8 heteroatoms. The van der Waals surface area contributed by atoms with E-state index in [0.29, 0.717) is 33.1 Å². The molecule has 0 atom stereocenters. The summed E-state index contributed by atoms with van der Waals surface area (Å²) in [5.74, 6) is -0.721. The van der Waals surface area contributed by atoms with Crippen LogP contribution in [0.1, 0.15) is 37.4 Å². The molecule has 0 spiro atoms. The lowest BCUT2D eigenvalue weighted by atomic mass is 10.0. The Balaban J connectivity index is 1.56. The van der Waals surface area contributed by atoms with Crippen LogP contribution in [0, 0.1) is 13.8 Å². The summed E-state index contributed by atoms with van der Waals surface area (Å²) in [6.07, 6.45) is 0. The summed E-state index contributed by atoms with van der Waals surface area (Å²) in [5.41, 5.74) is 3.24. The maximum Gasteiger partial charge on any atom is 0.261 e. The van der Waals surface area contributed by atoms with Gasteiger partial charge in [-0.3, -0.25) is 14.3 Å². The van der Waals surface area contributed by atoms with Crippen LogP contribution in [0.15, 0.2) is 95.9 Å². The van der Waals surface area contributed by atoms with E-state index in [0.717, 1.165) is 5.56 Å². The normalized spacial score (nSPS) is 11.1. The zero-order valence-corrected chi connectivity index (χ0v) is 21.2. The van der Waals surface area contributed by atoms with Crippen LogP contribution in [-0.2, 0) is 10.0 Å². The number of aryl methyl sites for hydroxylation is 2. The van der Waals surface area contributed by atoms with Crippen LogP contribution >= 0.6 is 11.6 Å². The van der Waals surface area contributed by atoms with Gasteiger partial charge in [0, 0.05) is 21.7 Å². The fourth-order valence-electron chi connectivity index (χ4n) is 3.59. The Hall–Kier alpha value is -3.94. The number of carbonyl (C=O) groups is 2. The summed E-state index contributed by atoms with van der Waals surface area (Å²) < 4.78 is 28.0. The van der Waals surface area contributed by atoms with Crippen molar-refractivity contribution in [3.05, 3.63) is 124 Å². The molecule has 0 heterocycles. The van der Waals surface area contributed by atoms with E-state index in [-0.39, 0.29) is 16.2 Å². The first kappa shape index (κ1) is 25.2. The molecule has 0 aliphatic rings. The third-order valence-corrected chi connectivity index (χ3v) is 7.19. The van der Waals surface area contributed by atoms with E-state index < -0.39 is 15.9 Å². The lowest BCUT2D eigenvalue weighted by Gasteiger charge is -2.14. The molecule has 36 heavy (non-hydrogen) atoms. The Morgan fingerprint density at radius 2 is 1.42 bits per heavy atom. The standard InChI is InChI=1S/C28H23ClN2O4S/c1-18-8-12-23(13-9-18)36(34,35)31-25-14-10-21(16-19(25)2)28(33)30-26-15-11-22(29)17-24(26)27(32)20-6-4-3-5-7-20/h3-17,31H,1-2H3,(H,30,33). The number of hydrogen-bond donors (Lipinski definition) is 2. The molecule has 0 aliphatic carbocycles. The largest absolute Gasteiger partial charge is 0.321 e. The van der Waals surface area contributed by atoms with Crippen LogP contribution < -0.4 is 10.0 Å². The molecule has 0 aromatic heterocycles. The minimum atomic E-state index is -3.78. The highest BCUT2D eigenvalue weighted by Crippen LogP contribution is 2.26. The van der Waals surface area contributed by atoms with Crippen molar-refractivity contribution in [2.24, 2.45) is 0 Å². The van der Waals surface area contributed by atoms with Crippen molar-refractivity contribution in [3.8, 4) is 0 Å². The van der Waals surface area contributed by atoms with Gasteiger partial charge in [-0.25, -0.2) is 8.42 Å². The molecule has 0 saturated carbocycles. The molecule has 0 fully saturated rings. The van der Waals surface area contributed by atoms with Crippen LogP contribution in [0.3, 0.4) is 0 Å². The summed E-state index contributed by atoms with van der Waals surface area (Å²) in [6, 6.07) is 24.5. The second-order valence-electron chi connectivity index (χ2n) is 8.29. The van der Waals surface area contributed by atoms with E-state index in [4.69, 9.17) is 11.6 Å². The Kier molecular flexibility index (Phi) is 7.24. The number of halogens is 1. The Morgan fingerprint density at radius 1 is 0.750 bits per heavy atom. The van der Waals surface area contributed by atoms with Crippen molar-refractivity contribution in [1.29, 1.82) is 0 Å². The van der Waals surface area contributed by atoms with Crippen molar-refractivity contribution in [1.82, 2.24) is 0 Å². The lowest BCUT2D eigenvalue weighted by molar-refractivity contribution is 0.102. The van der Waals surface area contributed by atoms with Gasteiger partial charge < -0.3 is 5.32 Å². The van der Waals surface area contributed by atoms with Crippen LogP contribution in [0.25, 0.3) is 0 Å². The average molecular weight is 519 g/mol. The molecular weight excluding hydrogens is 496 g/mol. The van der Waals surface area contributed by atoms with Gasteiger partial charge in [0.1, 0.15) is 0 Å². The van der Waals surface area contributed by atoms with E-state index in [1.807, 2.05) is 13.0 Å². The van der Waals surface area contributed by atoms with Gasteiger partial charge in [-0.2, -0.15) is 0 Å². The number of rotatable bonds is 7. The number of amides is 1. The summed E-state index contributed by atoms with van der Waals surface area (Å²) in [5, 5.41) is 3.14. The molecule has 6 nitrogen and oxygen atoms in total. The number of carbonyl (C=O) groups excluding carboxylic acids is 2. The van der Waals surface area contributed by atoms with Gasteiger partial charge >= 0.3 is 0 Å². The van der Waals surface area contributed by atoms with Crippen molar-refractivity contribution >= 4 is 44.7 Å². The molecule has 0 aliphatic heterocycles. The van der Waals surface area contributed by atoms with Crippen LogP contribution in [0.5, 0.6) is 0 Å². The number of nitrogens with one attached hydrogen (secondary N) is 2. The van der Waals surface area contributed by atoms with Gasteiger partial charge in [0.2, 0.25) is 0 Å². The fraction of sp³-hybridized carbons (Fsp3) is 0.0714. The molecule has 0 saturated heterocycles. The molecule has 4 rings (SSSR count). The number of ketones is 1. The Labute approximate surface area is 215 Å². The second kappa shape index (κ2) is 10.4. The highest BCUT2D eigenvalue weighted by atomic mass is 35.5. The van der Waals surface area contributed by atoms with Crippen molar-refractivity contribution in [2.75, 3.05) is 10.0 Å². The zero-order chi connectivity index (χ0) is 25.9. The molecule has 2 N–H and O–H groups in total. The minimum absolute atomic E-state index is 0.146. The van der Waals surface area contributed by atoms with Gasteiger partial charge in [0.05, 0.1) is 16.3 Å². The Morgan fingerprint density at radius 3 is 2.08 bits per heavy atom. The first-order valence-electron chi connectivity index (χ1n) is 11.0. The molecule has 4 aromatic rings. The topological polar surface area (TPSA) is 92.3 Å². The summed E-state index contributed by atoms with van der Waals surface area (Å²) in [4.78, 5) is 26.2. The third-order valence-electron chi connectivity index (χ3n) is 5.57. The van der Waals surface area contributed by atoms with Crippen LogP contribution in [0.4, 0.5) is 11.4 Å². The third kappa shape index (κ3) is 5.64. The van der Waals surface area contributed by atoms with Gasteiger partial charge in [-0.15, -0.1) is 0 Å². The number of benzene rings is 4. The first-order valence-corrected chi connectivity index (χ1v) is 12.9. The minimum Gasteiger partial charge on any atom is -0.321 e. The molecule has 1 amide bonds. The predicted octanol–water partition coefficient (Wildman–Crippen LogP) is 6.24. The van der Waals surface area contributed by atoms with Crippen LogP contribution in [-0.4, -0.2) is 20.1 Å². The first-order chi connectivity index (χ1) is 17.1. The van der Waals surface area contributed by atoms with Crippen LogP contribution in [0.2, 0.25) is 5.02 Å². The van der Waals surface area contributed by atoms with Gasteiger partial charge in [0.15, 0.2) is 5.78 Å². The average Bonchev–Trinajstić information content (AvgIpc) is 2.86. The molecule has 0 bridgehead atoms. The van der Waals surface area contributed by atoms with E-state index in [1.165, 1.54) is 30.3 Å². The van der Waals surface area contributed by atoms with E-state index >= 15 is 0 Å². The number of sulfonamides is 1. The van der Waals surface area contributed by atoms with Crippen molar-refractivity contribution in [2.45, 2.75) is 18.7 Å². The number of hydrogen-bond acceptors (Lipinski definition) is 4. The van der Waals surface area contributed by atoms with Gasteiger partial charge in [0.25, 0.3) is 15.9 Å². The SMILES string of the molecule is Cc1ccc(S(=O)(=O)Nc2ccc(C(=O)Nc3ccc(Cl)cc3C(=O)c3ccccc3)cc2C)cc1. The van der Waals surface area contributed by atoms with Crippen molar-refractivity contribution < 1.29 is 18.0 Å². The highest BCUT2D eigenvalue weighted by Gasteiger charge is 2.19. The Bertz CT molecular complexity index is 1550. The summed E-state index contributed by atoms with van der Waals surface area (Å²) in [7, 11) is -3.78. The molecule has 182 valence electrons. The molecular formula is C28H23ClN2O4S. The van der Waals surface area contributed by atoms with E-state index in [2.05, 4.69) is 10.0 Å². The highest BCUT2D eigenvalue weighted by molar-refractivity contribution is 7.92. The quantitative estimate of drug-likeness (QED) is 0.283. The zero-order valence-electron chi connectivity index (χ0n) is 19.6. The predicted molar refractivity (Wildman–Crippen MR) is 142 cm³/mol. The fourth-order valence-corrected chi connectivity index (χ4v) is 4.90. The molecule has 4 aromatic carbocycles. The maximum atomic E-state index is 13.0. The smallest absolute Gasteiger partial charge is 0.261 e. The summed E-state index contributed by atoms with van der Waals surface area (Å²) in [6.45, 7) is 3.58. The van der Waals surface area contributed by atoms with E-state index in [9.17, 15) is 18.0 Å². The maximum absolute atomic E-state index is 13.0. The van der Waals surface area contributed by atoms with Gasteiger partial charge in [-0.1, -0.05) is 59.6 Å². The summed E-state index contributed by atoms with van der Waals surface area (Å²) >= 11 is 6.12. The molecule has 0 unspecified atom stereocenters. The van der Waals surface area contributed by atoms with Crippen molar-refractivity contribution in [3.63, 3.8) is 0 Å².